The molecule has 6 heteroatoms. The topological polar surface area (TPSA) is 93.1 Å². The number of rotatable bonds is 17. The number of unbranched alkanes of at least 4 members (excludes halogenated alkanes) is 5. The van der Waals surface area contributed by atoms with Crippen molar-refractivity contribution in [2.45, 2.75) is 128 Å². The largest absolute Gasteiger partial charge is 0.481 e. The maximum Gasteiger partial charge on any atom is 0.303 e. The summed E-state index contributed by atoms with van der Waals surface area (Å²) in [7, 11) is 0. The van der Waals surface area contributed by atoms with Gasteiger partial charge in [-0.15, -0.1) is 0 Å². The second kappa shape index (κ2) is 16.4. The molecule has 1 heterocycles. The lowest BCUT2D eigenvalue weighted by Gasteiger charge is -2.30. The quantitative estimate of drug-likeness (QED) is 0.208. The standard InChI is InChI=1S/C27H46O6/c1-2-3-4-5-8-13-21(28)17-18-23-22(14-9-6-7-10-15-26(30)31)24(29)20-25(23)33-27-16-11-12-19-32-27/h6,9,22-25,27,29H,2-5,7-8,10-20H2,1H3,(H,30,31)/t22-,23-,24+,25-,27?/m1/s1. The average Bonchev–Trinajstić information content (AvgIpc) is 3.08. The van der Waals surface area contributed by atoms with Crippen LogP contribution in [-0.2, 0) is 19.1 Å². The van der Waals surface area contributed by atoms with E-state index in [1.807, 2.05) is 6.08 Å². The molecule has 0 aromatic heterocycles. The van der Waals surface area contributed by atoms with Crippen molar-refractivity contribution in [2.75, 3.05) is 6.61 Å². The molecule has 0 aromatic carbocycles. The molecule has 2 N–H and O–H groups in total. The molecule has 33 heavy (non-hydrogen) atoms. The highest BCUT2D eigenvalue weighted by atomic mass is 16.7. The Bertz CT molecular complexity index is 583. The van der Waals surface area contributed by atoms with E-state index >= 15 is 0 Å². The minimum absolute atomic E-state index is 0.0617. The van der Waals surface area contributed by atoms with Gasteiger partial charge in [0.15, 0.2) is 6.29 Å². The number of hydrogen-bond donors (Lipinski definition) is 2. The minimum atomic E-state index is -0.769. The Labute approximate surface area is 200 Å². The molecule has 2 aliphatic rings. The highest BCUT2D eigenvalue weighted by Crippen LogP contribution is 2.41. The molecule has 0 amide bonds. The zero-order valence-electron chi connectivity index (χ0n) is 20.6. The van der Waals surface area contributed by atoms with Gasteiger partial charge in [0.2, 0.25) is 0 Å². The first-order valence-electron chi connectivity index (χ1n) is 13.3. The predicted molar refractivity (Wildman–Crippen MR) is 129 cm³/mol. The van der Waals surface area contributed by atoms with Gasteiger partial charge in [-0.3, -0.25) is 9.59 Å². The Kier molecular flexibility index (Phi) is 13.9. The Morgan fingerprint density at radius 2 is 1.82 bits per heavy atom. The molecule has 0 aromatic rings. The van der Waals surface area contributed by atoms with Gasteiger partial charge in [-0.1, -0.05) is 44.8 Å². The van der Waals surface area contributed by atoms with E-state index < -0.39 is 12.1 Å². The van der Waals surface area contributed by atoms with Crippen LogP contribution in [-0.4, -0.2) is 47.1 Å². The number of carboxylic acids is 1. The lowest BCUT2D eigenvalue weighted by Crippen LogP contribution is -2.31. The van der Waals surface area contributed by atoms with Gasteiger partial charge in [-0.2, -0.15) is 0 Å². The summed E-state index contributed by atoms with van der Waals surface area (Å²) in [5, 5.41) is 19.6. The number of hydrogen-bond acceptors (Lipinski definition) is 5. The molecule has 0 spiro atoms. The molecule has 1 unspecified atom stereocenters. The van der Waals surface area contributed by atoms with Gasteiger partial charge in [-0.05, 0) is 63.2 Å². The van der Waals surface area contributed by atoms with Crippen molar-refractivity contribution in [1.82, 2.24) is 0 Å². The Morgan fingerprint density at radius 1 is 1.00 bits per heavy atom. The van der Waals surface area contributed by atoms with Gasteiger partial charge in [0.05, 0.1) is 12.2 Å². The molecular formula is C27H46O6. The molecule has 190 valence electrons. The summed E-state index contributed by atoms with van der Waals surface area (Å²) < 4.78 is 12.1. The summed E-state index contributed by atoms with van der Waals surface area (Å²) in [5.41, 5.74) is 0. The van der Waals surface area contributed by atoms with Crippen LogP contribution in [0.5, 0.6) is 0 Å². The van der Waals surface area contributed by atoms with Gasteiger partial charge < -0.3 is 19.7 Å². The number of aliphatic hydroxyl groups is 1. The summed E-state index contributed by atoms with van der Waals surface area (Å²) in [6.45, 7) is 2.92. The number of aliphatic hydroxyl groups excluding tert-OH is 1. The van der Waals surface area contributed by atoms with E-state index in [4.69, 9.17) is 14.6 Å². The number of Topliss-reactive ketones (excluding diaryl/α,β-unsaturated/α-hetero) is 1. The van der Waals surface area contributed by atoms with Gasteiger partial charge >= 0.3 is 5.97 Å². The molecule has 0 bridgehead atoms. The van der Waals surface area contributed by atoms with Gasteiger partial charge in [0.25, 0.3) is 0 Å². The second-order valence-corrected chi connectivity index (χ2v) is 9.84. The normalized spacial score (nSPS) is 27.9. The number of aliphatic carboxylic acids is 1. The molecule has 0 radical (unpaired) electrons. The Morgan fingerprint density at radius 3 is 2.55 bits per heavy atom. The third-order valence-electron chi connectivity index (χ3n) is 7.11. The number of carbonyl (C=O) groups excluding carboxylic acids is 1. The average molecular weight is 467 g/mol. The zero-order valence-corrected chi connectivity index (χ0v) is 20.6. The number of allylic oxidation sites excluding steroid dienone is 2. The van der Waals surface area contributed by atoms with Crippen LogP contribution in [0.25, 0.3) is 0 Å². The monoisotopic (exact) mass is 466 g/mol. The van der Waals surface area contributed by atoms with E-state index in [-0.39, 0.29) is 30.7 Å². The molecule has 2 rings (SSSR count). The van der Waals surface area contributed by atoms with E-state index in [1.54, 1.807) is 0 Å². The van der Waals surface area contributed by atoms with Crippen LogP contribution >= 0.6 is 0 Å². The van der Waals surface area contributed by atoms with E-state index in [1.165, 1.54) is 19.3 Å². The van der Waals surface area contributed by atoms with Gasteiger partial charge in [0, 0.05) is 32.3 Å². The van der Waals surface area contributed by atoms with E-state index in [0.29, 0.717) is 31.5 Å². The van der Waals surface area contributed by atoms with Crippen molar-refractivity contribution < 1.29 is 29.3 Å². The van der Waals surface area contributed by atoms with Gasteiger partial charge in [-0.25, -0.2) is 0 Å². The molecule has 5 atom stereocenters. The first-order valence-corrected chi connectivity index (χ1v) is 13.3. The lowest BCUT2D eigenvalue weighted by atomic mass is 9.85. The zero-order chi connectivity index (χ0) is 23.9. The highest BCUT2D eigenvalue weighted by molar-refractivity contribution is 5.78. The van der Waals surface area contributed by atoms with Crippen LogP contribution in [0.1, 0.15) is 110 Å². The fraction of sp³-hybridized carbons (Fsp3) is 0.852. The SMILES string of the molecule is CCCCCCCC(=O)CC[C@@H]1[C@@H](CC=CCCCC(=O)O)[C@@H](O)C[C@H]1OC1CCCCO1. The summed E-state index contributed by atoms with van der Waals surface area (Å²) in [5.74, 6) is -0.247. The minimum Gasteiger partial charge on any atom is -0.481 e. The fourth-order valence-electron chi connectivity index (χ4n) is 5.17. The smallest absolute Gasteiger partial charge is 0.303 e. The number of ether oxygens (including phenoxy) is 2. The molecule has 1 aliphatic carbocycles. The summed E-state index contributed by atoms with van der Waals surface area (Å²) in [6.07, 6.45) is 17.0. The van der Waals surface area contributed by atoms with Crippen molar-refractivity contribution >= 4 is 11.8 Å². The van der Waals surface area contributed by atoms with Crippen LogP contribution < -0.4 is 0 Å². The highest BCUT2D eigenvalue weighted by Gasteiger charge is 2.43. The third kappa shape index (κ3) is 11.2. The molecular weight excluding hydrogens is 420 g/mol. The van der Waals surface area contributed by atoms with Crippen molar-refractivity contribution in [2.24, 2.45) is 11.8 Å². The predicted octanol–water partition coefficient (Wildman–Crippen LogP) is 5.81. The molecule has 6 nitrogen and oxygen atoms in total. The molecule has 1 saturated carbocycles. The first-order chi connectivity index (χ1) is 16.0. The molecule has 1 saturated heterocycles. The van der Waals surface area contributed by atoms with Crippen LogP contribution in [0, 0.1) is 11.8 Å². The van der Waals surface area contributed by atoms with Crippen LogP contribution in [0.2, 0.25) is 0 Å². The van der Waals surface area contributed by atoms with Crippen molar-refractivity contribution in [1.29, 1.82) is 0 Å². The van der Waals surface area contributed by atoms with Crippen LogP contribution in [0.3, 0.4) is 0 Å². The number of carbonyl (C=O) groups is 2. The van der Waals surface area contributed by atoms with Crippen LogP contribution in [0.4, 0.5) is 0 Å². The summed E-state index contributed by atoms with van der Waals surface area (Å²) in [4.78, 5) is 23.2. The summed E-state index contributed by atoms with van der Waals surface area (Å²) in [6, 6.07) is 0. The molecule has 2 fully saturated rings. The van der Waals surface area contributed by atoms with Gasteiger partial charge in [0.1, 0.15) is 5.78 Å². The Balaban J connectivity index is 1.87. The van der Waals surface area contributed by atoms with E-state index in [9.17, 15) is 14.7 Å². The molecule has 1 aliphatic heterocycles. The summed E-state index contributed by atoms with van der Waals surface area (Å²) >= 11 is 0. The van der Waals surface area contributed by atoms with Crippen LogP contribution in [0.15, 0.2) is 12.2 Å². The fourth-order valence-corrected chi connectivity index (χ4v) is 5.17. The Hall–Kier alpha value is -1.24. The van der Waals surface area contributed by atoms with Crippen molar-refractivity contribution in [3.05, 3.63) is 12.2 Å². The van der Waals surface area contributed by atoms with E-state index in [2.05, 4.69) is 13.0 Å². The number of carboxylic acid groups (broad SMARTS) is 1. The van der Waals surface area contributed by atoms with Crippen molar-refractivity contribution in [3.63, 3.8) is 0 Å². The number of ketones is 1. The third-order valence-corrected chi connectivity index (χ3v) is 7.11. The maximum atomic E-state index is 12.5. The van der Waals surface area contributed by atoms with Crippen molar-refractivity contribution in [3.8, 4) is 0 Å². The second-order valence-electron chi connectivity index (χ2n) is 9.84. The maximum absolute atomic E-state index is 12.5. The lowest BCUT2D eigenvalue weighted by molar-refractivity contribution is -0.196. The first kappa shape index (κ1) is 28.0. The van der Waals surface area contributed by atoms with E-state index in [0.717, 1.165) is 58.0 Å².